The fourth-order valence-corrected chi connectivity index (χ4v) is 5.46. The molecule has 0 bridgehead atoms. The van der Waals surface area contributed by atoms with Gasteiger partial charge >= 0.3 is 18.4 Å². The largest absolute Gasteiger partial charge is 0.416 e. The van der Waals surface area contributed by atoms with E-state index in [9.17, 15) is 31.1 Å². The number of benzene rings is 2. The fraction of sp³-hybridized carbons (Fsp3) is 0.500. The number of aryl methyl sites for hydroxylation is 1. The number of hydrogen-bond donors (Lipinski definition) is 1. The number of halogens is 6. The lowest BCUT2D eigenvalue weighted by Gasteiger charge is -2.45. The Morgan fingerprint density at radius 1 is 1.03 bits per heavy atom. The predicted molar refractivity (Wildman–Crippen MR) is 123 cm³/mol. The van der Waals surface area contributed by atoms with Gasteiger partial charge in [0.15, 0.2) is 0 Å². The normalized spacial score (nSPS) is 23.4. The van der Waals surface area contributed by atoms with Gasteiger partial charge in [-0.1, -0.05) is 24.3 Å². The molecule has 2 aliphatic heterocycles. The summed E-state index contributed by atoms with van der Waals surface area (Å²) in [7, 11) is 1.43. The van der Waals surface area contributed by atoms with Gasteiger partial charge in [-0.15, -0.1) is 0 Å². The number of carbonyl (C=O) groups excluding carboxylic acids is 1. The highest BCUT2D eigenvalue weighted by molar-refractivity contribution is 5.75. The molecule has 10 heteroatoms. The van der Waals surface area contributed by atoms with Crippen molar-refractivity contribution in [3.05, 3.63) is 70.3 Å². The molecule has 2 aromatic rings. The van der Waals surface area contributed by atoms with E-state index in [0.29, 0.717) is 24.6 Å². The Bertz CT molecular complexity index is 1080. The monoisotopic (exact) mass is 513 g/mol. The summed E-state index contributed by atoms with van der Waals surface area (Å²) in [5.41, 5.74) is -0.982. The molecule has 0 saturated carbocycles. The van der Waals surface area contributed by atoms with Crippen molar-refractivity contribution in [3.8, 4) is 0 Å². The molecule has 2 aliphatic rings. The Labute approximate surface area is 206 Å². The van der Waals surface area contributed by atoms with E-state index < -0.39 is 35.6 Å². The minimum atomic E-state index is -4.95. The van der Waals surface area contributed by atoms with E-state index in [2.05, 4.69) is 5.32 Å². The number of likely N-dealkylation sites (tertiary alicyclic amines) is 1. The van der Waals surface area contributed by atoms with Gasteiger partial charge in [0, 0.05) is 26.1 Å². The maximum absolute atomic E-state index is 13.7. The van der Waals surface area contributed by atoms with E-state index in [1.54, 1.807) is 4.90 Å². The lowest BCUT2D eigenvalue weighted by molar-refractivity contribution is -0.143. The smallest absolute Gasteiger partial charge is 0.321 e. The maximum atomic E-state index is 13.7. The molecular formula is C26H29F6N3O. The summed E-state index contributed by atoms with van der Waals surface area (Å²) >= 11 is 0. The van der Waals surface area contributed by atoms with E-state index in [1.807, 2.05) is 31.2 Å². The van der Waals surface area contributed by atoms with Gasteiger partial charge in [-0.2, -0.15) is 26.3 Å². The molecule has 3 unspecified atom stereocenters. The summed E-state index contributed by atoms with van der Waals surface area (Å²) in [6.45, 7) is 5.45. The second-order valence-corrected chi connectivity index (χ2v) is 9.77. The Morgan fingerprint density at radius 2 is 1.64 bits per heavy atom. The standard InChI is InChI=1S/C26H29F6N3O/c1-15-6-4-5-7-21(15)23-22-14-33-13-17(22)8-9-35(23)24(36)34(3)16(2)18-10-19(25(27,28)29)12-20(11-18)26(30,31)32/h4-7,10-12,16-17,22-23,33H,8-9,13-14H2,1-3H3/t16?,17?,22-,23?/m1/s1. The van der Waals surface area contributed by atoms with Crippen LogP contribution in [0.5, 0.6) is 0 Å². The number of alkyl halides is 6. The second-order valence-electron chi connectivity index (χ2n) is 9.77. The van der Waals surface area contributed by atoms with Crippen LogP contribution in [0, 0.1) is 18.8 Å². The summed E-state index contributed by atoms with van der Waals surface area (Å²) in [5, 5.41) is 3.40. The van der Waals surface area contributed by atoms with Crippen LogP contribution in [-0.2, 0) is 12.4 Å². The number of rotatable bonds is 3. The summed E-state index contributed by atoms with van der Waals surface area (Å²) in [6.07, 6.45) is -9.13. The number of nitrogens with one attached hydrogen (secondary N) is 1. The SMILES string of the molecule is Cc1ccccc1C1[C@@H]2CNCC2CCN1C(=O)N(C)C(C)c1cc(C(F)(F)F)cc(C(F)(F)F)c1. The van der Waals surface area contributed by atoms with Crippen LogP contribution >= 0.6 is 0 Å². The summed E-state index contributed by atoms with van der Waals surface area (Å²) in [6, 6.07) is 7.57. The van der Waals surface area contributed by atoms with Crippen LogP contribution in [0.4, 0.5) is 31.1 Å². The first-order valence-electron chi connectivity index (χ1n) is 11.9. The van der Waals surface area contributed by atoms with E-state index >= 15 is 0 Å². The van der Waals surface area contributed by atoms with Crippen LogP contribution < -0.4 is 5.32 Å². The van der Waals surface area contributed by atoms with Crippen LogP contribution in [-0.4, -0.2) is 42.5 Å². The highest BCUT2D eigenvalue weighted by atomic mass is 19.4. The molecule has 2 fully saturated rings. The Morgan fingerprint density at radius 3 is 2.22 bits per heavy atom. The molecule has 0 aliphatic carbocycles. The van der Waals surface area contributed by atoms with Gasteiger partial charge in [0.05, 0.1) is 23.2 Å². The number of carbonyl (C=O) groups is 1. The van der Waals surface area contributed by atoms with Crippen molar-refractivity contribution in [2.75, 3.05) is 26.7 Å². The predicted octanol–water partition coefficient (Wildman–Crippen LogP) is 6.43. The number of fused-ring (bicyclic) bond motifs is 1. The molecule has 1 N–H and O–H groups in total. The van der Waals surface area contributed by atoms with E-state index in [-0.39, 0.29) is 23.6 Å². The summed E-state index contributed by atoms with van der Waals surface area (Å²) in [5.74, 6) is 0.553. The van der Waals surface area contributed by atoms with Crippen LogP contribution in [0.2, 0.25) is 0 Å². The Hall–Kier alpha value is -2.75. The van der Waals surface area contributed by atoms with Crippen LogP contribution in [0.25, 0.3) is 0 Å². The highest BCUT2D eigenvalue weighted by Gasteiger charge is 2.45. The molecular weight excluding hydrogens is 484 g/mol. The molecule has 4 atom stereocenters. The number of nitrogens with zero attached hydrogens (tertiary/aromatic N) is 2. The Balaban J connectivity index is 1.68. The lowest BCUT2D eigenvalue weighted by Crippen LogP contribution is -2.51. The van der Waals surface area contributed by atoms with E-state index in [1.165, 1.54) is 18.9 Å². The summed E-state index contributed by atoms with van der Waals surface area (Å²) < 4.78 is 80.3. The summed E-state index contributed by atoms with van der Waals surface area (Å²) in [4.78, 5) is 16.7. The molecule has 4 nitrogen and oxygen atoms in total. The highest BCUT2D eigenvalue weighted by Crippen LogP contribution is 2.43. The lowest BCUT2D eigenvalue weighted by atomic mass is 9.78. The zero-order chi connectivity index (χ0) is 26.4. The fourth-order valence-electron chi connectivity index (χ4n) is 5.46. The van der Waals surface area contributed by atoms with Gasteiger partial charge in [0.25, 0.3) is 0 Å². The van der Waals surface area contributed by atoms with Crippen molar-refractivity contribution in [2.45, 2.75) is 44.7 Å². The van der Waals surface area contributed by atoms with Crippen molar-refractivity contribution in [1.29, 1.82) is 0 Å². The molecule has 2 heterocycles. The van der Waals surface area contributed by atoms with Crippen LogP contribution in [0.15, 0.2) is 42.5 Å². The zero-order valence-electron chi connectivity index (χ0n) is 20.2. The van der Waals surface area contributed by atoms with Gasteiger partial charge in [-0.25, -0.2) is 4.79 Å². The van der Waals surface area contributed by atoms with Crippen molar-refractivity contribution < 1.29 is 31.1 Å². The number of hydrogen-bond acceptors (Lipinski definition) is 2. The third-order valence-corrected chi connectivity index (χ3v) is 7.60. The van der Waals surface area contributed by atoms with Crippen molar-refractivity contribution in [2.24, 2.45) is 11.8 Å². The first-order valence-corrected chi connectivity index (χ1v) is 11.9. The van der Waals surface area contributed by atoms with Gasteiger partial charge < -0.3 is 15.1 Å². The van der Waals surface area contributed by atoms with Gasteiger partial charge in [-0.05, 0) is 67.6 Å². The van der Waals surface area contributed by atoms with Crippen LogP contribution in [0.3, 0.4) is 0 Å². The van der Waals surface area contributed by atoms with Gasteiger partial charge in [0.2, 0.25) is 0 Å². The first kappa shape index (κ1) is 26.3. The maximum Gasteiger partial charge on any atom is 0.416 e. The average molecular weight is 514 g/mol. The number of amides is 2. The van der Waals surface area contributed by atoms with Crippen LogP contribution in [0.1, 0.15) is 53.2 Å². The minimum absolute atomic E-state index is 0.101. The van der Waals surface area contributed by atoms with Crippen molar-refractivity contribution in [1.82, 2.24) is 15.1 Å². The van der Waals surface area contributed by atoms with Crippen molar-refractivity contribution in [3.63, 3.8) is 0 Å². The minimum Gasteiger partial charge on any atom is -0.321 e. The number of piperidine rings is 1. The van der Waals surface area contributed by atoms with Crippen molar-refractivity contribution >= 4 is 6.03 Å². The van der Waals surface area contributed by atoms with Gasteiger partial charge in [-0.3, -0.25) is 0 Å². The molecule has 2 amide bonds. The average Bonchev–Trinajstić information content (AvgIpc) is 3.30. The molecule has 196 valence electrons. The molecule has 36 heavy (non-hydrogen) atoms. The molecule has 0 aromatic heterocycles. The molecule has 2 saturated heterocycles. The third-order valence-electron chi connectivity index (χ3n) is 7.60. The molecule has 4 rings (SSSR count). The third kappa shape index (κ3) is 5.05. The molecule has 0 radical (unpaired) electrons. The second kappa shape index (κ2) is 9.61. The van der Waals surface area contributed by atoms with Gasteiger partial charge in [0.1, 0.15) is 0 Å². The number of urea groups is 1. The van der Waals surface area contributed by atoms with E-state index in [0.717, 1.165) is 30.6 Å². The topological polar surface area (TPSA) is 35.6 Å². The molecule has 2 aromatic carbocycles. The zero-order valence-corrected chi connectivity index (χ0v) is 20.2. The van der Waals surface area contributed by atoms with E-state index in [4.69, 9.17) is 0 Å². The quantitative estimate of drug-likeness (QED) is 0.481. The molecule has 0 spiro atoms. The first-order chi connectivity index (χ1) is 16.8. The Kier molecular flexibility index (Phi) is 7.02.